The van der Waals surface area contributed by atoms with Gasteiger partial charge in [-0.15, -0.1) is 0 Å². The molecular weight excluding hydrogens is 349 g/mol. The predicted octanol–water partition coefficient (Wildman–Crippen LogP) is 4.83. The maximum Gasteiger partial charge on any atom is 0.253 e. The normalized spacial score (nSPS) is 12.3. The molecule has 1 N–H and O–H groups in total. The van der Waals surface area contributed by atoms with Crippen LogP contribution in [0.5, 0.6) is 0 Å². The van der Waals surface area contributed by atoms with Gasteiger partial charge in [-0.05, 0) is 53.2 Å². The third kappa shape index (κ3) is 2.90. The van der Waals surface area contributed by atoms with Crippen molar-refractivity contribution in [2.75, 3.05) is 0 Å². The third-order valence-corrected chi connectivity index (χ3v) is 4.05. The molecule has 0 saturated carbocycles. The zero-order chi connectivity index (χ0) is 15.7. The van der Waals surface area contributed by atoms with E-state index < -0.39 is 5.82 Å². The van der Waals surface area contributed by atoms with Crippen LogP contribution in [0.4, 0.5) is 4.39 Å². The number of furan rings is 1. The number of benzene rings is 2. The Morgan fingerprint density at radius 1 is 1.23 bits per heavy atom. The SMILES string of the molecule is CC(NC(=O)c1ccc(F)cc1Br)c1cc2ccccc2o1. The van der Waals surface area contributed by atoms with Crippen molar-refractivity contribution in [3.8, 4) is 0 Å². The summed E-state index contributed by atoms with van der Waals surface area (Å²) in [6.45, 7) is 1.84. The quantitative estimate of drug-likeness (QED) is 0.726. The van der Waals surface area contributed by atoms with Gasteiger partial charge in [-0.1, -0.05) is 18.2 Å². The molecular formula is C17H13BrFNO2. The van der Waals surface area contributed by atoms with Crippen LogP contribution < -0.4 is 5.32 Å². The fourth-order valence-corrected chi connectivity index (χ4v) is 2.77. The lowest BCUT2D eigenvalue weighted by molar-refractivity contribution is 0.0935. The summed E-state index contributed by atoms with van der Waals surface area (Å²) in [5.74, 6) is -0.0126. The summed E-state index contributed by atoms with van der Waals surface area (Å²) in [6.07, 6.45) is 0. The highest BCUT2D eigenvalue weighted by molar-refractivity contribution is 9.10. The minimum Gasteiger partial charge on any atom is -0.459 e. The molecule has 22 heavy (non-hydrogen) atoms. The monoisotopic (exact) mass is 361 g/mol. The van der Waals surface area contributed by atoms with E-state index in [1.165, 1.54) is 18.2 Å². The van der Waals surface area contributed by atoms with Gasteiger partial charge >= 0.3 is 0 Å². The van der Waals surface area contributed by atoms with Gasteiger partial charge in [-0.25, -0.2) is 4.39 Å². The molecule has 1 aromatic heterocycles. The number of amides is 1. The molecule has 3 aromatic rings. The Hall–Kier alpha value is -2.14. The number of fused-ring (bicyclic) bond motifs is 1. The van der Waals surface area contributed by atoms with Gasteiger partial charge < -0.3 is 9.73 Å². The highest BCUT2D eigenvalue weighted by Crippen LogP contribution is 2.24. The van der Waals surface area contributed by atoms with E-state index in [1.807, 2.05) is 37.3 Å². The Morgan fingerprint density at radius 2 is 2.00 bits per heavy atom. The topological polar surface area (TPSA) is 42.2 Å². The molecule has 0 saturated heterocycles. The number of halogens is 2. The molecule has 0 bridgehead atoms. The lowest BCUT2D eigenvalue weighted by Crippen LogP contribution is -2.26. The first-order valence-corrected chi connectivity index (χ1v) is 7.58. The summed E-state index contributed by atoms with van der Waals surface area (Å²) in [5, 5.41) is 3.84. The number of nitrogens with one attached hydrogen (secondary N) is 1. The van der Waals surface area contributed by atoms with E-state index in [2.05, 4.69) is 21.2 Å². The number of rotatable bonds is 3. The lowest BCUT2D eigenvalue weighted by Gasteiger charge is -2.12. The maximum atomic E-state index is 13.1. The average molecular weight is 362 g/mol. The summed E-state index contributed by atoms with van der Waals surface area (Å²) in [4.78, 5) is 12.3. The highest BCUT2D eigenvalue weighted by atomic mass is 79.9. The van der Waals surface area contributed by atoms with E-state index in [4.69, 9.17) is 4.42 Å². The van der Waals surface area contributed by atoms with E-state index in [0.29, 0.717) is 15.8 Å². The predicted molar refractivity (Wildman–Crippen MR) is 86.2 cm³/mol. The van der Waals surface area contributed by atoms with E-state index in [0.717, 1.165) is 11.0 Å². The molecule has 1 atom stereocenters. The summed E-state index contributed by atoms with van der Waals surface area (Å²) in [6, 6.07) is 13.2. The first kappa shape index (κ1) is 14.8. The minimum absolute atomic E-state index is 0.292. The summed E-state index contributed by atoms with van der Waals surface area (Å²) < 4.78 is 19.2. The van der Waals surface area contributed by atoms with Crippen molar-refractivity contribution in [3.05, 3.63) is 70.1 Å². The number of hydrogen-bond donors (Lipinski definition) is 1. The molecule has 0 aliphatic carbocycles. The van der Waals surface area contributed by atoms with E-state index in [9.17, 15) is 9.18 Å². The molecule has 3 rings (SSSR count). The zero-order valence-corrected chi connectivity index (χ0v) is 13.4. The highest BCUT2D eigenvalue weighted by Gasteiger charge is 2.17. The molecule has 1 heterocycles. The van der Waals surface area contributed by atoms with Crippen molar-refractivity contribution in [1.29, 1.82) is 0 Å². The Bertz CT molecular complexity index is 811. The Labute approximate surface area is 135 Å². The van der Waals surface area contributed by atoms with E-state index in [1.54, 1.807) is 0 Å². The third-order valence-electron chi connectivity index (χ3n) is 3.39. The van der Waals surface area contributed by atoms with Crippen LogP contribution in [0.2, 0.25) is 0 Å². The van der Waals surface area contributed by atoms with Gasteiger partial charge in [0.05, 0.1) is 11.6 Å². The molecule has 1 amide bonds. The molecule has 112 valence electrons. The number of para-hydroxylation sites is 1. The maximum absolute atomic E-state index is 13.1. The standard InChI is InChI=1S/C17H13BrFNO2/c1-10(16-8-11-4-2-3-5-15(11)22-16)20-17(21)13-7-6-12(19)9-14(13)18/h2-10H,1H3,(H,20,21). The number of carbonyl (C=O) groups excluding carboxylic acids is 1. The number of hydrogen-bond acceptors (Lipinski definition) is 2. The Kier molecular flexibility index (Phi) is 3.98. The average Bonchev–Trinajstić information content (AvgIpc) is 2.91. The summed E-state index contributed by atoms with van der Waals surface area (Å²) in [7, 11) is 0. The summed E-state index contributed by atoms with van der Waals surface area (Å²) >= 11 is 3.20. The summed E-state index contributed by atoms with van der Waals surface area (Å²) in [5.41, 5.74) is 1.16. The Morgan fingerprint density at radius 3 is 2.73 bits per heavy atom. The van der Waals surface area contributed by atoms with Crippen LogP contribution in [-0.2, 0) is 0 Å². The largest absolute Gasteiger partial charge is 0.459 e. The van der Waals surface area contributed by atoms with Gasteiger partial charge in [0.2, 0.25) is 0 Å². The molecule has 2 aromatic carbocycles. The lowest BCUT2D eigenvalue weighted by atomic mass is 10.1. The van der Waals surface area contributed by atoms with Crippen molar-refractivity contribution in [3.63, 3.8) is 0 Å². The fourth-order valence-electron chi connectivity index (χ4n) is 2.23. The fraction of sp³-hybridized carbons (Fsp3) is 0.118. The minimum atomic E-state index is -0.395. The molecule has 0 aliphatic rings. The van der Waals surface area contributed by atoms with E-state index in [-0.39, 0.29) is 11.9 Å². The second-order valence-corrected chi connectivity index (χ2v) is 5.86. The van der Waals surface area contributed by atoms with Crippen LogP contribution in [0.1, 0.15) is 29.1 Å². The second kappa shape index (κ2) is 5.93. The van der Waals surface area contributed by atoms with Crippen LogP contribution in [0.25, 0.3) is 11.0 Å². The first-order valence-electron chi connectivity index (χ1n) is 6.79. The van der Waals surface area contributed by atoms with Gasteiger partial charge in [0.25, 0.3) is 5.91 Å². The van der Waals surface area contributed by atoms with Crippen molar-refractivity contribution < 1.29 is 13.6 Å². The molecule has 0 aliphatic heterocycles. The molecule has 5 heteroatoms. The molecule has 0 radical (unpaired) electrons. The van der Waals surface area contributed by atoms with Gasteiger partial charge in [-0.2, -0.15) is 0 Å². The molecule has 3 nitrogen and oxygen atoms in total. The van der Waals surface area contributed by atoms with Gasteiger partial charge in [-0.3, -0.25) is 4.79 Å². The van der Waals surface area contributed by atoms with Gasteiger partial charge in [0.15, 0.2) is 0 Å². The van der Waals surface area contributed by atoms with Crippen LogP contribution in [0.15, 0.2) is 57.4 Å². The van der Waals surface area contributed by atoms with Crippen LogP contribution in [-0.4, -0.2) is 5.91 Å². The first-order chi connectivity index (χ1) is 10.5. The Balaban J connectivity index is 1.81. The van der Waals surface area contributed by atoms with Gasteiger partial charge in [0, 0.05) is 9.86 Å². The smallest absolute Gasteiger partial charge is 0.253 e. The van der Waals surface area contributed by atoms with Crippen LogP contribution in [0.3, 0.4) is 0 Å². The molecule has 0 spiro atoms. The van der Waals surface area contributed by atoms with Crippen molar-refractivity contribution in [1.82, 2.24) is 5.32 Å². The second-order valence-electron chi connectivity index (χ2n) is 5.01. The van der Waals surface area contributed by atoms with Crippen molar-refractivity contribution >= 4 is 32.8 Å². The zero-order valence-electron chi connectivity index (χ0n) is 11.8. The molecule has 0 fully saturated rings. The number of carbonyl (C=O) groups is 1. The van der Waals surface area contributed by atoms with Gasteiger partial charge in [0.1, 0.15) is 17.2 Å². The van der Waals surface area contributed by atoms with E-state index >= 15 is 0 Å². The van der Waals surface area contributed by atoms with Crippen molar-refractivity contribution in [2.24, 2.45) is 0 Å². The molecule has 1 unspecified atom stereocenters. The van der Waals surface area contributed by atoms with Crippen LogP contribution in [0, 0.1) is 5.82 Å². The van der Waals surface area contributed by atoms with Crippen LogP contribution >= 0.6 is 15.9 Å². The van der Waals surface area contributed by atoms with Crippen molar-refractivity contribution in [2.45, 2.75) is 13.0 Å².